The van der Waals surface area contributed by atoms with Crippen molar-refractivity contribution in [2.45, 2.75) is 37.8 Å². The fourth-order valence-corrected chi connectivity index (χ4v) is 2.52. The summed E-state index contributed by atoms with van der Waals surface area (Å²) in [7, 11) is 0. The van der Waals surface area contributed by atoms with Gasteiger partial charge in [-0.1, -0.05) is 37.3 Å². The van der Waals surface area contributed by atoms with Gasteiger partial charge in [0.15, 0.2) is 12.6 Å². The zero-order valence-corrected chi connectivity index (χ0v) is 10.7. The number of hydrogen-bond donors (Lipinski definition) is 2. The first-order valence-corrected chi connectivity index (χ1v) is 6.50. The lowest BCUT2D eigenvalue weighted by Crippen LogP contribution is -2.58. The molecule has 3 rings (SSSR count). The SMILES string of the molecule is C[C@H]1C(O)O[C@@H]2COC(c3ccccc3)O[C@H]2[C@@H]1O. The quantitative estimate of drug-likeness (QED) is 0.787. The van der Waals surface area contributed by atoms with Gasteiger partial charge >= 0.3 is 0 Å². The Labute approximate surface area is 111 Å². The molecule has 2 N–H and O–H groups in total. The molecule has 5 nitrogen and oxygen atoms in total. The van der Waals surface area contributed by atoms with E-state index in [9.17, 15) is 10.2 Å². The van der Waals surface area contributed by atoms with E-state index < -0.39 is 30.9 Å². The molecule has 0 aliphatic carbocycles. The van der Waals surface area contributed by atoms with Crippen LogP contribution in [0.4, 0.5) is 0 Å². The molecule has 2 fully saturated rings. The number of aliphatic hydroxyl groups excluding tert-OH is 2. The molecule has 1 aromatic rings. The predicted octanol–water partition coefficient (Wildman–Crippen LogP) is 0.815. The molecule has 1 aromatic carbocycles. The molecule has 5 heteroatoms. The Kier molecular flexibility index (Phi) is 3.56. The molecule has 6 atom stereocenters. The van der Waals surface area contributed by atoms with Crippen molar-refractivity contribution in [3.8, 4) is 0 Å². The second kappa shape index (κ2) is 5.19. The highest BCUT2D eigenvalue weighted by molar-refractivity contribution is 5.16. The molecule has 0 aromatic heterocycles. The van der Waals surface area contributed by atoms with Gasteiger partial charge in [-0.25, -0.2) is 0 Å². The van der Waals surface area contributed by atoms with E-state index in [2.05, 4.69) is 0 Å². The van der Waals surface area contributed by atoms with Crippen LogP contribution in [0.2, 0.25) is 0 Å². The minimum atomic E-state index is -0.975. The first kappa shape index (κ1) is 13.0. The normalized spacial score (nSPS) is 42.7. The van der Waals surface area contributed by atoms with Gasteiger partial charge in [-0.15, -0.1) is 0 Å². The van der Waals surface area contributed by atoms with E-state index in [-0.39, 0.29) is 5.92 Å². The number of fused-ring (bicyclic) bond motifs is 1. The highest BCUT2D eigenvalue weighted by Crippen LogP contribution is 2.35. The summed E-state index contributed by atoms with van der Waals surface area (Å²) >= 11 is 0. The Morgan fingerprint density at radius 3 is 2.58 bits per heavy atom. The van der Waals surface area contributed by atoms with Crippen molar-refractivity contribution >= 4 is 0 Å². The molecule has 19 heavy (non-hydrogen) atoms. The standard InChI is InChI=1S/C14H18O5/c1-8-11(15)12-10(18-13(8)16)7-17-14(19-12)9-5-3-2-4-6-9/h2-6,8,10-16H,7H2,1H3/t8-,10-,11-,12-,13?,14?/m1/s1. The van der Waals surface area contributed by atoms with E-state index in [1.807, 2.05) is 30.3 Å². The van der Waals surface area contributed by atoms with Gasteiger partial charge in [0.25, 0.3) is 0 Å². The largest absolute Gasteiger partial charge is 0.390 e. The Morgan fingerprint density at radius 1 is 1.11 bits per heavy atom. The highest BCUT2D eigenvalue weighted by Gasteiger charge is 2.47. The minimum absolute atomic E-state index is 0.297. The monoisotopic (exact) mass is 266 g/mol. The molecule has 2 heterocycles. The molecule has 0 spiro atoms. The number of benzene rings is 1. The van der Waals surface area contributed by atoms with Gasteiger partial charge < -0.3 is 24.4 Å². The Hall–Kier alpha value is -0.980. The summed E-state index contributed by atoms with van der Waals surface area (Å²) in [6.07, 6.45) is -3.14. The van der Waals surface area contributed by atoms with Gasteiger partial charge in [0.1, 0.15) is 12.2 Å². The number of ether oxygens (including phenoxy) is 3. The molecule has 0 saturated carbocycles. The van der Waals surface area contributed by atoms with Crippen molar-refractivity contribution in [1.82, 2.24) is 0 Å². The van der Waals surface area contributed by atoms with E-state index in [1.54, 1.807) is 6.92 Å². The van der Waals surface area contributed by atoms with Gasteiger partial charge in [-0.3, -0.25) is 0 Å². The topological polar surface area (TPSA) is 68.2 Å². The summed E-state index contributed by atoms with van der Waals surface area (Å²) in [4.78, 5) is 0. The summed E-state index contributed by atoms with van der Waals surface area (Å²) in [5.41, 5.74) is 0.909. The van der Waals surface area contributed by atoms with Crippen molar-refractivity contribution in [3.63, 3.8) is 0 Å². The maximum Gasteiger partial charge on any atom is 0.184 e. The molecule has 2 aliphatic heterocycles. The lowest BCUT2D eigenvalue weighted by Gasteiger charge is -2.45. The molecule has 0 amide bonds. The van der Waals surface area contributed by atoms with Crippen molar-refractivity contribution in [2.75, 3.05) is 6.61 Å². The van der Waals surface area contributed by atoms with Crippen LogP contribution in [0.25, 0.3) is 0 Å². The van der Waals surface area contributed by atoms with Crippen molar-refractivity contribution < 1.29 is 24.4 Å². The van der Waals surface area contributed by atoms with Crippen LogP contribution in [0.1, 0.15) is 18.8 Å². The maximum atomic E-state index is 10.2. The number of aliphatic hydroxyl groups is 2. The molecule has 2 unspecified atom stereocenters. The fourth-order valence-electron chi connectivity index (χ4n) is 2.52. The van der Waals surface area contributed by atoms with Crippen LogP contribution in [0.5, 0.6) is 0 Å². The molecule has 104 valence electrons. The third-order valence-corrected chi connectivity index (χ3v) is 3.77. The smallest absolute Gasteiger partial charge is 0.184 e. The summed E-state index contributed by atoms with van der Waals surface area (Å²) in [5.74, 6) is -0.379. The average molecular weight is 266 g/mol. The Morgan fingerprint density at radius 2 is 1.84 bits per heavy atom. The van der Waals surface area contributed by atoms with Crippen LogP contribution in [-0.2, 0) is 14.2 Å². The van der Waals surface area contributed by atoms with Gasteiger partial charge in [-0.05, 0) is 0 Å². The van der Waals surface area contributed by atoms with E-state index >= 15 is 0 Å². The van der Waals surface area contributed by atoms with Crippen LogP contribution in [0, 0.1) is 5.92 Å². The molecule has 2 saturated heterocycles. The van der Waals surface area contributed by atoms with Crippen LogP contribution in [-0.4, -0.2) is 41.4 Å². The molecule has 0 radical (unpaired) electrons. The number of hydrogen-bond acceptors (Lipinski definition) is 5. The second-order valence-corrected chi connectivity index (χ2v) is 5.09. The van der Waals surface area contributed by atoms with Crippen LogP contribution in [0.3, 0.4) is 0 Å². The zero-order valence-electron chi connectivity index (χ0n) is 10.7. The molecular weight excluding hydrogens is 248 g/mol. The first-order valence-electron chi connectivity index (χ1n) is 6.50. The molecule has 0 bridgehead atoms. The highest BCUT2D eigenvalue weighted by atomic mass is 16.7. The van der Waals surface area contributed by atoms with Gasteiger partial charge in [0, 0.05) is 11.5 Å². The van der Waals surface area contributed by atoms with Crippen LogP contribution in [0.15, 0.2) is 30.3 Å². The van der Waals surface area contributed by atoms with Gasteiger partial charge in [0.05, 0.1) is 12.7 Å². The lowest BCUT2D eigenvalue weighted by atomic mass is 9.92. The summed E-state index contributed by atoms with van der Waals surface area (Å²) in [6.45, 7) is 2.03. The van der Waals surface area contributed by atoms with Gasteiger partial charge in [0.2, 0.25) is 0 Å². The summed E-state index contributed by atoms with van der Waals surface area (Å²) in [6, 6.07) is 9.58. The Balaban J connectivity index is 1.75. The maximum absolute atomic E-state index is 10.2. The van der Waals surface area contributed by atoms with E-state index in [4.69, 9.17) is 14.2 Å². The third kappa shape index (κ3) is 2.40. The van der Waals surface area contributed by atoms with Crippen molar-refractivity contribution in [3.05, 3.63) is 35.9 Å². The molecule has 2 aliphatic rings. The summed E-state index contributed by atoms with van der Waals surface area (Å²) < 4.78 is 16.8. The fraction of sp³-hybridized carbons (Fsp3) is 0.571. The lowest BCUT2D eigenvalue weighted by molar-refractivity contribution is -0.345. The van der Waals surface area contributed by atoms with Gasteiger partial charge in [-0.2, -0.15) is 0 Å². The summed E-state index contributed by atoms with van der Waals surface area (Å²) in [5, 5.41) is 19.9. The van der Waals surface area contributed by atoms with E-state index in [1.165, 1.54) is 0 Å². The first-order chi connectivity index (χ1) is 9.16. The average Bonchev–Trinajstić information content (AvgIpc) is 2.46. The minimum Gasteiger partial charge on any atom is -0.390 e. The molecular formula is C14H18O5. The Bertz CT molecular complexity index is 421. The zero-order chi connectivity index (χ0) is 13.4. The second-order valence-electron chi connectivity index (χ2n) is 5.09. The van der Waals surface area contributed by atoms with E-state index in [0.29, 0.717) is 6.61 Å². The van der Waals surface area contributed by atoms with Crippen molar-refractivity contribution in [2.24, 2.45) is 5.92 Å². The third-order valence-electron chi connectivity index (χ3n) is 3.77. The van der Waals surface area contributed by atoms with E-state index in [0.717, 1.165) is 5.56 Å². The van der Waals surface area contributed by atoms with Crippen LogP contribution >= 0.6 is 0 Å². The van der Waals surface area contributed by atoms with Crippen LogP contribution < -0.4 is 0 Å². The predicted molar refractivity (Wildman–Crippen MR) is 66.1 cm³/mol. The van der Waals surface area contributed by atoms with Crippen molar-refractivity contribution in [1.29, 1.82) is 0 Å². The number of rotatable bonds is 1.